The first-order valence-corrected chi connectivity index (χ1v) is 5.05. The summed E-state index contributed by atoms with van der Waals surface area (Å²) in [6.45, 7) is 0. The summed E-state index contributed by atoms with van der Waals surface area (Å²) >= 11 is 4.92. The molecule has 0 atom stereocenters. The Kier molecular flexibility index (Phi) is 2.70. The molecule has 5 heteroatoms. The van der Waals surface area contributed by atoms with E-state index in [2.05, 4.69) is 4.98 Å². The predicted molar refractivity (Wildman–Crippen MR) is 62.3 cm³/mol. The van der Waals surface area contributed by atoms with Gasteiger partial charge in [-0.2, -0.15) is 0 Å². The Morgan fingerprint density at radius 2 is 2.12 bits per heavy atom. The first-order chi connectivity index (χ1) is 7.58. The summed E-state index contributed by atoms with van der Waals surface area (Å²) in [6, 6.07) is 7.67. The molecule has 82 valence electrons. The number of hydrogen-bond donors (Lipinski definition) is 1. The SMILES string of the molecule is Cn1c(-c2cccc(F)c2)cc(=S)[nH]c1=O. The highest BCUT2D eigenvalue weighted by atomic mass is 32.1. The van der Waals surface area contributed by atoms with Crippen LogP contribution in [-0.4, -0.2) is 9.55 Å². The minimum atomic E-state index is -0.344. The number of nitrogens with one attached hydrogen (secondary N) is 1. The molecule has 0 aliphatic carbocycles. The molecule has 0 aliphatic rings. The van der Waals surface area contributed by atoms with E-state index in [1.54, 1.807) is 25.2 Å². The highest BCUT2D eigenvalue weighted by molar-refractivity contribution is 7.71. The second-order valence-electron chi connectivity index (χ2n) is 3.39. The van der Waals surface area contributed by atoms with E-state index in [9.17, 15) is 9.18 Å². The van der Waals surface area contributed by atoms with Gasteiger partial charge >= 0.3 is 5.69 Å². The van der Waals surface area contributed by atoms with E-state index < -0.39 is 0 Å². The van der Waals surface area contributed by atoms with Crippen molar-refractivity contribution in [3.05, 3.63) is 51.3 Å². The Morgan fingerprint density at radius 1 is 1.38 bits per heavy atom. The van der Waals surface area contributed by atoms with Crippen molar-refractivity contribution in [1.82, 2.24) is 9.55 Å². The number of nitrogens with zero attached hydrogens (tertiary/aromatic N) is 1. The van der Waals surface area contributed by atoms with E-state index in [0.717, 1.165) is 0 Å². The molecule has 1 N–H and O–H groups in total. The van der Waals surface area contributed by atoms with Crippen LogP contribution >= 0.6 is 12.2 Å². The Bertz CT molecular complexity index is 645. The Labute approximate surface area is 96.2 Å². The van der Waals surface area contributed by atoms with Crippen LogP contribution in [0, 0.1) is 10.5 Å². The zero-order valence-electron chi connectivity index (χ0n) is 8.53. The van der Waals surface area contributed by atoms with Crippen molar-refractivity contribution in [3.8, 4) is 11.3 Å². The summed E-state index contributed by atoms with van der Waals surface area (Å²) < 4.78 is 14.8. The van der Waals surface area contributed by atoms with Gasteiger partial charge in [0.1, 0.15) is 10.5 Å². The zero-order valence-corrected chi connectivity index (χ0v) is 9.34. The lowest BCUT2D eigenvalue weighted by atomic mass is 10.1. The summed E-state index contributed by atoms with van der Waals surface area (Å²) in [5.74, 6) is -0.344. The van der Waals surface area contributed by atoms with E-state index in [1.807, 2.05) is 0 Å². The van der Waals surface area contributed by atoms with Crippen LogP contribution in [0.15, 0.2) is 35.1 Å². The maximum absolute atomic E-state index is 13.1. The number of halogens is 1. The second-order valence-corrected chi connectivity index (χ2v) is 3.83. The Hall–Kier alpha value is -1.75. The van der Waals surface area contributed by atoms with Gasteiger partial charge in [0, 0.05) is 12.6 Å². The quantitative estimate of drug-likeness (QED) is 0.771. The normalized spacial score (nSPS) is 10.4. The predicted octanol–water partition coefficient (Wildman–Crippen LogP) is 2.25. The lowest BCUT2D eigenvalue weighted by Gasteiger charge is -2.07. The molecule has 0 saturated carbocycles. The molecule has 0 radical (unpaired) electrons. The van der Waals surface area contributed by atoms with E-state index in [0.29, 0.717) is 15.9 Å². The van der Waals surface area contributed by atoms with Gasteiger partial charge in [-0.15, -0.1) is 0 Å². The molecule has 0 spiro atoms. The summed E-state index contributed by atoms with van der Waals surface area (Å²) in [5, 5.41) is 0. The standard InChI is InChI=1S/C11H9FN2OS/c1-14-9(6-10(16)13-11(14)15)7-3-2-4-8(12)5-7/h2-6H,1H3,(H,13,15,16). The van der Waals surface area contributed by atoms with Crippen LogP contribution in [0.5, 0.6) is 0 Å². The maximum atomic E-state index is 13.1. The second kappa shape index (κ2) is 4.02. The highest BCUT2D eigenvalue weighted by Gasteiger charge is 2.04. The molecule has 2 aromatic rings. The number of aromatic amines is 1. The molecule has 0 fully saturated rings. The van der Waals surface area contributed by atoms with Gasteiger partial charge in [-0.25, -0.2) is 9.18 Å². The molecule has 1 aromatic heterocycles. The summed E-state index contributed by atoms with van der Waals surface area (Å²) in [6.07, 6.45) is 0. The number of aromatic nitrogens is 2. The molecular weight excluding hydrogens is 227 g/mol. The summed E-state index contributed by atoms with van der Waals surface area (Å²) in [4.78, 5) is 14.0. The lowest BCUT2D eigenvalue weighted by molar-refractivity contribution is 0.628. The fourth-order valence-corrected chi connectivity index (χ4v) is 1.68. The fourth-order valence-electron chi connectivity index (χ4n) is 1.48. The number of rotatable bonds is 1. The summed E-state index contributed by atoms with van der Waals surface area (Å²) in [5.41, 5.74) is 0.903. The van der Waals surface area contributed by atoms with Crippen molar-refractivity contribution in [1.29, 1.82) is 0 Å². The highest BCUT2D eigenvalue weighted by Crippen LogP contribution is 2.17. The van der Waals surface area contributed by atoms with Crippen molar-refractivity contribution >= 4 is 12.2 Å². The van der Waals surface area contributed by atoms with Crippen LogP contribution in [0.1, 0.15) is 0 Å². The van der Waals surface area contributed by atoms with Gasteiger partial charge < -0.3 is 0 Å². The van der Waals surface area contributed by atoms with Gasteiger partial charge in [0.25, 0.3) is 0 Å². The average Bonchev–Trinajstić information content (AvgIpc) is 2.23. The first-order valence-electron chi connectivity index (χ1n) is 4.64. The van der Waals surface area contributed by atoms with E-state index in [4.69, 9.17) is 12.2 Å². The van der Waals surface area contributed by atoms with Crippen molar-refractivity contribution in [3.63, 3.8) is 0 Å². The van der Waals surface area contributed by atoms with E-state index >= 15 is 0 Å². The van der Waals surface area contributed by atoms with Crippen LogP contribution in [0.2, 0.25) is 0 Å². The van der Waals surface area contributed by atoms with Crippen molar-refractivity contribution in [2.75, 3.05) is 0 Å². The molecule has 16 heavy (non-hydrogen) atoms. The van der Waals surface area contributed by atoms with Crippen LogP contribution in [0.4, 0.5) is 4.39 Å². The molecule has 0 unspecified atom stereocenters. The molecule has 3 nitrogen and oxygen atoms in total. The maximum Gasteiger partial charge on any atom is 0.326 e. The third-order valence-electron chi connectivity index (χ3n) is 2.28. The van der Waals surface area contributed by atoms with Gasteiger partial charge in [-0.1, -0.05) is 24.4 Å². The monoisotopic (exact) mass is 236 g/mol. The van der Waals surface area contributed by atoms with Crippen molar-refractivity contribution in [2.24, 2.45) is 7.05 Å². The molecule has 0 bridgehead atoms. The Morgan fingerprint density at radius 3 is 2.81 bits per heavy atom. The van der Waals surface area contributed by atoms with Gasteiger partial charge in [-0.05, 0) is 18.2 Å². The number of hydrogen-bond acceptors (Lipinski definition) is 2. The molecule has 1 aromatic carbocycles. The van der Waals surface area contributed by atoms with Crippen LogP contribution in [0.3, 0.4) is 0 Å². The Balaban J connectivity index is 2.74. The van der Waals surface area contributed by atoms with Gasteiger partial charge in [0.2, 0.25) is 0 Å². The largest absolute Gasteiger partial charge is 0.326 e. The van der Waals surface area contributed by atoms with Crippen LogP contribution < -0.4 is 5.69 Å². The van der Waals surface area contributed by atoms with Crippen LogP contribution in [0.25, 0.3) is 11.3 Å². The van der Waals surface area contributed by atoms with Gasteiger partial charge in [0.15, 0.2) is 0 Å². The topological polar surface area (TPSA) is 37.8 Å². The molecule has 0 saturated heterocycles. The number of H-pyrrole nitrogens is 1. The average molecular weight is 236 g/mol. The number of benzene rings is 1. The minimum Gasteiger partial charge on any atom is -0.298 e. The third-order valence-corrected chi connectivity index (χ3v) is 2.50. The molecule has 2 rings (SSSR count). The van der Waals surface area contributed by atoms with Crippen LogP contribution in [-0.2, 0) is 7.05 Å². The van der Waals surface area contributed by atoms with Crippen molar-refractivity contribution < 1.29 is 4.39 Å². The van der Waals surface area contributed by atoms with Gasteiger partial charge in [0.05, 0.1) is 5.69 Å². The lowest BCUT2D eigenvalue weighted by Crippen LogP contribution is -2.21. The third kappa shape index (κ3) is 1.94. The molecule has 0 aliphatic heterocycles. The molecule has 1 heterocycles. The fraction of sp³-hybridized carbons (Fsp3) is 0.0909. The molecule has 0 amide bonds. The molecular formula is C11H9FN2OS. The first kappa shape index (κ1) is 10.8. The van der Waals surface area contributed by atoms with E-state index in [-0.39, 0.29) is 11.5 Å². The summed E-state index contributed by atoms with van der Waals surface area (Å²) in [7, 11) is 1.61. The minimum absolute atomic E-state index is 0.313. The van der Waals surface area contributed by atoms with Gasteiger partial charge in [-0.3, -0.25) is 9.55 Å². The van der Waals surface area contributed by atoms with E-state index in [1.165, 1.54) is 16.7 Å². The smallest absolute Gasteiger partial charge is 0.298 e. The zero-order chi connectivity index (χ0) is 11.7. The van der Waals surface area contributed by atoms with Crippen molar-refractivity contribution in [2.45, 2.75) is 0 Å².